The van der Waals surface area contributed by atoms with Gasteiger partial charge in [-0.25, -0.2) is 4.79 Å². The van der Waals surface area contributed by atoms with E-state index in [9.17, 15) is 9.59 Å². The maximum Gasteiger partial charge on any atom is 0.348 e. The van der Waals surface area contributed by atoms with E-state index in [0.29, 0.717) is 22.1 Å². The van der Waals surface area contributed by atoms with Gasteiger partial charge in [0.25, 0.3) is 5.91 Å². The van der Waals surface area contributed by atoms with Crippen LogP contribution < -0.4 is 14.8 Å². The highest BCUT2D eigenvalue weighted by Gasteiger charge is 2.16. The van der Waals surface area contributed by atoms with Crippen molar-refractivity contribution in [3.8, 4) is 11.5 Å². The molecule has 3 rings (SSSR count). The number of rotatable bonds is 5. The van der Waals surface area contributed by atoms with Crippen molar-refractivity contribution in [2.24, 2.45) is 0 Å². The van der Waals surface area contributed by atoms with Crippen molar-refractivity contribution in [3.63, 3.8) is 0 Å². The number of anilines is 1. The Hall–Kier alpha value is -2.54. The van der Waals surface area contributed by atoms with Crippen LogP contribution in [0.25, 0.3) is 0 Å². The Kier molecular flexibility index (Phi) is 4.71. The van der Waals surface area contributed by atoms with Crippen molar-refractivity contribution in [1.29, 1.82) is 0 Å². The molecule has 0 unspecified atom stereocenters. The fourth-order valence-corrected chi connectivity index (χ4v) is 3.35. The zero-order valence-electron chi connectivity index (χ0n) is 13.4. The van der Waals surface area contributed by atoms with E-state index in [-0.39, 0.29) is 13.4 Å². The van der Waals surface area contributed by atoms with Crippen LogP contribution in [-0.2, 0) is 16.0 Å². The van der Waals surface area contributed by atoms with Gasteiger partial charge in [-0.3, -0.25) is 4.79 Å². The van der Waals surface area contributed by atoms with Crippen molar-refractivity contribution in [2.75, 3.05) is 18.7 Å². The topological polar surface area (TPSA) is 73.9 Å². The number of amides is 1. The van der Waals surface area contributed by atoms with Gasteiger partial charge >= 0.3 is 5.97 Å². The predicted octanol–water partition coefficient (Wildman–Crippen LogP) is 3.14. The molecule has 0 aliphatic carbocycles. The van der Waals surface area contributed by atoms with E-state index < -0.39 is 11.9 Å². The zero-order valence-corrected chi connectivity index (χ0v) is 14.2. The lowest BCUT2D eigenvalue weighted by Crippen LogP contribution is -2.20. The highest BCUT2D eigenvalue weighted by atomic mass is 32.1. The first kappa shape index (κ1) is 16.3. The number of hydrogen-bond acceptors (Lipinski definition) is 6. The largest absolute Gasteiger partial charge is 0.454 e. The second kappa shape index (κ2) is 6.92. The van der Waals surface area contributed by atoms with Crippen molar-refractivity contribution >= 4 is 28.9 Å². The van der Waals surface area contributed by atoms with Crippen LogP contribution in [0.5, 0.6) is 11.5 Å². The lowest BCUT2D eigenvalue weighted by atomic mass is 10.2. The van der Waals surface area contributed by atoms with Crippen molar-refractivity contribution in [1.82, 2.24) is 0 Å². The van der Waals surface area contributed by atoms with Crippen molar-refractivity contribution in [3.05, 3.63) is 39.6 Å². The Morgan fingerprint density at radius 3 is 2.79 bits per heavy atom. The minimum Gasteiger partial charge on any atom is -0.454 e. The van der Waals surface area contributed by atoms with E-state index >= 15 is 0 Å². The molecule has 2 heterocycles. The molecular weight excluding hydrogens is 330 g/mol. The lowest BCUT2D eigenvalue weighted by molar-refractivity contribution is -0.119. The Labute approximate surface area is 143 Å². The number of ether oxygens (including phenoxy) is 3. The van der Waals surface area contributed by atoms with Crippen LogP contribution >= 0.6 is 11.3 Å². The average Bonchev–Trinajstić information content (AvgIpc) is 3.18. The van der Waals surface area contributed by atoms with Gasteiger partial charge in [0.15, 0.2) is 18.1 Å². The zero-order chi connectivity index (χ0) is 17.1. The standard InChI is InChI=1S/C17H17NO5S/c1-3-11-6-15(24-10(11)2)17(20)21-8-16(19)18-12-4-5-13-14(7-12)23-9-22-13/h4-7H,3,8-9H2,1-2H3,(H,18,19). The fraction of sp³-hybridized carbons (Fsp3) is 0.294. The Morgan fingerprint density at radius 1 is 1.25 bits per heavy atom. The summed E-state index contributed by atoms with van der Waals surface area (Å²) in [6.07, 6.45) is 0.861. The predicted molar refractivity (Wildman–Crippen MR) is 89.9 cm³/mol. The van der Waals surface area contributed by atoms with Crippen LogP contribution in [-0.4, -0.2) is 25.3 Å². The number of carbonyl (C=O) groups is 2. The number of aryl methyl sites for hydroxylation is 2. The summed E-state index contributed by atoms with van der Waals surface area (Å²) in [6.45, 7) is 3.83. The lowest BCUT2D eigenvalue weighted by Gasteiger charge is -2.06. The number of carbonyl (C=O) groups excluding carboxylic acids is 2. The number of nitrogens with one attached hydrogen (secondary N) is 1. The third-order valence-electron chi connectivity index (χ3n) is 3.59. The molecule has 0 saturated carbocycles. The monoisotopic (exact) mass is 347 g/mol. The van der Waals surface area contributed by atoms with Gasteiger partial charge in [-0.2, -0.15) is 0 Å². The molecule has 0 fully saturated rings. The highest BCUT2D eigenvalue weighted by Crippen LogP contribution is 2.34. The fourth-order valence-electron chi connectivity index (χ4n) is 2.35. The molecule has 2 aromatic rings. The molecule has 6 nitrogen and oxygen atoms in total. The molecule has 1 amide bonds. The van der Waals surface area contributed by atoms with E-state index in [1.807, 2.05) is 19.9 Å². The summed E-state index contributed by atoms with van der Waals surface area (Å²) >= 11 is 1.38. The van der Waals surface area contributed by atoms with Gasteiger partial charge in [-0.15, -0.1) is 11.3 Å². The Bertz CT molecular complexity index is 783. The summed E-state index contributed by atoms with van der Waals surface area (Å²) in [6, 6.07) is 6.89. The summed E-state index contributed by atoms with van der Waals surface area (Å²) in [4.78, 5) is 25.5. The molecule has 0 bridgehead atoms. The van der Waals surface area contributed by atoms with Crippen LogP contribution in [0.1, 0.15) is 27.0 Å². The van der Waals surface area contributed by atoms with Crippen LogP contribution in [0, 0.1) is 6.92 Å². The molecule has 7 heteroatoms. The first-order chi connectivity index (χ1) is 11.6. The summed E-state index contributed by atoms with van der Waals surface area (Å²) in [5.41, 5.74) is 1.68. The van der Waals surface area contributed by atoms with Crippen LogP contribution in [0.4, 0.5) is 5.69 Å². The van der Waals surface area contributed by atoms with Gasteiger partial charge in [0, 0.05) is 16.6 Å². The minimum atomic E-state index is -0.483. The second-order valence-corrected chi connectivity index (χ2v) is 6.49. The number of benzene rings is 1. The molecule has 1 N–H and O–H groups in total. The molecule has 1 aromatic carbocycles. The number of esters is 1. The van der Waals surface area contributed by atoms with E-state index in [2.05, 4.69) is 5.32 Å². The maximum absolute atomic E-state index is 12.0. The maximum atomic E-state index is 12.0. The third-order valence-corrected chi connectivity index (χ3v) is 4.67. The van der Waals surface area contributed by atoms with Gasteiger partial charge in [-0.05, 0) is 37.1 Å². The molecule has 1 aliphatic rings. The van der Waals surface area contributed by atoms with E-state index in [4.69, 9.17) is 14.2 Å². The smallest absolute Gasteiger partial charge is 0.348 e. The number of hydrogen-bond donors (Lipinski definition) is 1. The minimum absolute atomic E-state index is 0.171. The highest BCUT2D eigenvalue weighted by molar-refractivity contribution is 7.14. The van der Waals surface area contributed by atoms with Crippen molar-refractivity contribution < 1.29 is 23.8 Å². The first-order valence-electron chi connectivity index (χ1n) is 7.52. The third kappa shape index (κ3) is 3.51. The van der Waals surface area contributed by atoms with Gasteiger partial charge in [0.1, 0.15) is 4.88 Å². The summed E-state index contributed by atoms with van der Waals surface area (Å²) < 4.78 is 15.5. The van der Waals surface area contributed by atoms with Gasteiger partial charge in [0.05, 0.1) is 0 Å². The number of thiophene rings is 1. The van der Waals surface area contributed by atoms with Gasteiger partial charge < -0.3 is 19.5 Å². The van der Waals surface area contributed by atoms with Crippen molar-refractivity contribution in [2.45, 2.75) is 20.3 Å². The van der Waals surface area contributed by atoms with E-state index in [1.54, 1.807) is 18.2 Å². The van der Waals surface area contributed by atoms with Gasteiger partial charge in [0.2, 0.25) is 6.79 Å². The SMILES string of the molecule is CCc1cc(C(=O)OCC(=O)Nc2ccc3c(c2)OCO3)sc1C. The van der Waals surface area contributed by atoms with Crippen LogP contribution in [0.3, 0.4) is 0 Å². The first-order valence-corrected chi connectivity index (χ1v) is 8.34. The second-order valence-electron chi connectivity index (χ2n) is 5.24. The van der Waals surface area contributed by atoms with E-state index in [1.165, 1.54) is 11.3 Å². The molecule has 0 saturated heterocycles. The molecular formula is C17H17NO5S. The molecule has 24 heavy (non-hydrogen) atoms. The Balaban J connectivity index is 1.54. The van der Waals surface area contributed by atoms with E-state index in [0.717, 1.165) is 16.9 Å². The van der Waals surface area contributed by atoms with Gasteiger partial charge in [-0.1, -0.05) is 6.92 Å². The average molecular weight is 347 g/mol. The number of fused-ring (bicyclic) bond motifs is 1. The summed E-state index contributed by atoms with van der Waals surface area (Å²) in [5, 5.41) is 2.66. The Morgan fingerprint density at radius 2 is 2.04 bits per heavy atom. The van der Waals surface area contributed by atoms with Crippen LogP contribution in [0.15, 0.2) is 24.3 Å². The molecule has 0 spiro atoms. The van der Waals surface area contributed by atoms with Crippen LogP contribution in [0.2, 0.25) is 0 Å². The summed E-state index contributed by atoms with van der Waals surface area (Å²) in [7, 11) is 0. The summed E-state index contributed by atoms with van der Waals surface area (Å²) in [5.74, 6) is 0.319. The molecule has 0 radical (unpaired) electrons. The molecule has 1 aliphatic heterocycles. The quantitative estimate of drug-likeness (QED) is 0.841. The molecule has 0 atom stereocenters. The molecule has 126 valence electrons. The normalized spacial score (nSPS) is 12.1. The molecule has 1 aromatic heterocycles.